The molecule has 2 nitrogen and oxygen atoms in total. The second-order valence-corrected chi connectivity index (χ2v) is 8.06. The summed E-state index contributed by atoms with van der Waals surface area (Å²) in [6, 6.07) is 2.13. The van der Waals surface area contributed by atoms with E-state index in [1.165, 1.54) is 17.7 Å². The van der Waals surface area contributed by atoms with Crippen molar-refractivity contribution in [2.75, 3.05) is 14.1 Å². The highest BCUT2D eigenvalue weighted by Crippen LogP contribution is 2.39. The Kier molecular flexibility index (Phi) is 5.09. The zero-order valence-corrected chi connectivity index (χ0v) is 14.4. The van der Waals surface area contributed by atoms with E-state index in [2.05, 4.69) is 53.3 Å². The fourth-order valence-corrected chi connectivity index (χ4v) is 4.90. The summed E-state index contributed by atoms with van der Waals surface area (Å²) in [5.74, 6) is 0.709. The van der Waals surface area contributed by atoms with Gasteiger partial charge in [-0.1, -0.05) is 19.8 Å². The molecule has 1 fully saturated rings. The molecular formula is C15H24BrNOS. The van der Waals surface area contributed by atoms with E-state index >= 15 is 0 Å². The number of halogens is 1. The second-order valence-electron chi connectivity index (χ2n) is 6.15. The van der Waals surface area contributed by atoms with Crippen molar-refractivity contribution in [1.82, 2.24) is 4.90 Å². The van der Waals surface area contributed by atoms with E-state index in [4.69, 9.17) is 0 Å². The third-order valence-corrected chi connectivity index (χ3v) is 6.26. The van der Waals surface area contributed by atoms with Gasteiger partial charge in [0.05, 0.1) is 6.10 Å². The van der Waals surface area contributed by atoms with Gasteiger partial charge >= 0.3 is 0 Å². The highest BCUT2D eigenvalue weighted by atomic mass is 79.9. The molecule has 19 heavy (non-hydrogen) atoms. The maximum atomic E-state index is 10.8. The van der Waals surface area contributed by atoms with Gasteiger partial charge in [0.2, 0.25) is 0 Å². The quantitative estimate of drug-likeness (QED) is 0.893. The van der Waals surface area contributed by atoms with Gasteiger partial charge in [-0.15, -0.1) is 11.3 Å². The summed E-state index contributed by atoms with van der Waals surface area (Å²) in [6.45, 7) is 2.31. The molecule has 0 saturated heterocycles. The van der Waals surface area contributed by atoms with Crippen molar-refractivity contribution >= 4 is 27.3 Å². The van der Waals surface area contributed by atoms with Gasteiger partial charge in [0.15, 0.2) is 0 Å². The van der Waals surface area contributed by atoms with E-state index in [-0.39, 0.29) is 11.6 Å². The Hall–Kier alpha value is 0.1000. The summed E-state index contributed by atoms with van der Waals surface area (Å²) in [7, 11) is 4.23. The van der Waals surface area contributed by atoms with Gasteiger partial charge < -0.3 is 10.0 Å². The molecule has 0 radical (unpaired) electrons. The van der Waals surface area contributed by atoms with Crippen LogP contribution in [0.4, 0.5) is 0 Å². The Morgan fingerprint density at radius 2 is 2.32 bits per heavy atom. The van der Waals surface area contributed by atoms with Crippen LogP contribution in [0.1, 0.15) is 37.5 Å². The first kappa shape index (κ1) is 15.5. The Balaban J connectivity index is 2.14. The van der Waals surface area contributed by atoms with E-state index in [1.807, 2.05) is 0 Å². The second kappa shape index (κ2) is 6.25. The maximum absolute atomic E-state index is 10.8. The van der Waals surface area contributed by atoms with Crippen molar-refractivity contribution < 1.29 is 5.11 Å². The van der Waals surface area contributed by atoms with Crippen LogP contribution in [0.2, 0.25) is 0 Å². The van der Waals surface area contributed by atoms with Crippen molar-refractivity contribution in [3.63, 3.8) is 0 Å². The van der Waals surface area contributed by atoms with Gasteiger partial charge in [-0.2, -0.15) is 0 Å². The van der Waals surface area contributed by atoms with Crippen LogP contribution in [0, 0.1) is 5.92 Å². The van der Waals surface area contributed by atoms with Crippen LogP contribution in [0.3, 0.4) is 0 Å². The van der Waals surface area contributed by atoms with Gasteiger partial charge in [0.1, 0.15) is 0 Å². The lowest BCUT2D eigenvalue weighted by atomic mass is 9.71. The number of thiophene rings is 1. The average Bonchev–Trinajstić information content (AvgIpc) is 2.74. The Morgan fingerprint density at radius 3 is 2.84 bits per heavy atom. The van der Waals surface area contributed by atoms with E-state index in [0.29, 0.717) is 5.92 Å². The number of aliphatic hydroxyl groups excluding tert-OH is 1. The molecule has 0 aromatic carbocycles. The number of nitrogens with zero attached hydrogens (tertiary/aromatic N) is 1. The normalized spacial score (nSPS) is 29.7. The predicted octanol–water partition coefficient (Wildman–Crippen LogP) is 3.92. The lowest BCUT2D eigenvalue weighted by Gasteiger charge is -2.48. The molecule has 1 aromatic rings. The van der Waals surface area contributed by atoms with Gasteiger partial charge in [0, 0.05) is 26.7 Å². The third-order valence-electron chi connectivity index (χ3n) is 4.54. The Morgan fingerprint density at radius 1 is 1.58 bits per heavy atom. The number of likely N-dealkylation sites (N-methyl/N-ethyl adjacent to an activating group) is 1. The first-order chi connectivity index (χ1) is 8.94. The molecule has 4 heteroatoms. The largest absolute Gasteiger partial charge is 0.391 e. The fraction of sp³-hybridized carbons (Fsp3) is 0.733. The molecule has 1 aliphatic carbocycles. The third kappa shape index (κ3) is 3.41. The van der Waals surface area contributed by atoms with Gasteiger partial charge in [0.25, 0.3) is 0 Å². The molecule has 0 amide bonds. The first-order valence-corrected chi connectivity index (χ1v) is 8.70. The highest BCUT2D eigenvalue weighted by molar-refractivity contribution is 9.10. The van der Waals surface area contributed by atoms with Crippen LogP contribution in [0.25, 0.3) is 0 Å². The smallest absolute Gasteiger partial charge is 0.0771 e. The van der Waals surface area contributed by atoms with Gasteiger partial charge in [-0.25, -0.2) is 0 Å². The number of hydrogen-bond donors (Lipinski definition) is 1. The van der Waals surface area contributed by atoms with E-state index in [0.717, 1.165) is 23.7 Å². The molecule has 1 N–H and O–H groups in total. The molecule has 1 saturated carbocycles. The minimum Gasteiger partial charge on any atom is -0.391 e. The van der Waals surface area contributed by atoms with E-state index in [1.54, 1.807) is 11.3 Å². The standard InChI is InChI=1S/C15H24BrNOS/c1-11-5-4-6-15(9-11,17(2)3)14(18)8-13-7-12(16)10-19-13/h7,10-11,14,18H,4-6,8-9H2,1-3H3. The summed E-state index contributed by atoms with van der Waals surface area (Å²) in [6.07, 6.45) is 5.22. The van der Waals surface area contributed by atoms with Gasteiger partial charge in [-0.05, 0) is 54.9 Å². The maximum Gasteiger partial charge on any atom is 0.0771 e. The molecule has 3 unspecified atom stereocenters. The van der Waals surface area contributed by atoms with Crippen LogP contribution in [0.5, 0.6) is 0 Å². The molecule has 1 aromatic heterocycles. The summed E-state index contributed by atoms with van der Waals surface area (Å²) >= 11 is 5.22. The molecule has 0 spiro atoms. The Labute approximate surface area is 129 Å². The summed E-state index contributed by atoms with van der Waals surface area (Å²) < 4.78 is 1.12. The average molecular weight is 346 g/mol. The molecular weight excluding hydrogens is 322 g/mol. The highest BCUT2D eigenvalue weighted by Gasteiger charge is 2.42. The van der Waals surface area contributed by atoms with Crippen LogP contribution >= 0.6 is 27.3 Å². The molecule has 2 rings (SSSR count). The van der Waals surface area contributed by atoms with Crippen LogP contribution in [0.15, 0.2) is 15.9 Å². The monoisotopic (exact) mass is 345 g/mol. The van der Waals surface area contributed by atoms with Crippen molar-refractivity contribution in [3.05, 3.63) is 20.8 Å². The van der Waals surface area contributed by atoms with Gasteiger partial charge in [-0.3, -0.25) is 0 Å². The van der Waals surface area contributed by atoms with Crippen molar-refractivity contribution in [1.29, 1.82) is 0 Å². The molecule has 1 aliphatic rings. The van der Waals surface area contributed by atoms with Crippen molar-refractivity contribution in [2.24, 2.45) is 5.92 Å². The fourth-order valence-electron chi connectivity index (χ4n) is 3.41. The summed E-state index contributed by atoms with van der Waals surface area (Å²) in [5, 5.41) is 12.9. The number of rotatable bonds is 4. The van der Waals surface area contributed by atoms with Crippen LogP contribution in [-0.4, -0.2) is 35.7 Å². The number of aliphatic hydroxyl groups is 1. The van der Waals surface area contributed by atoms with Crippen molar-refractivity contribution in [2.45, 2.75) is 50.7 Å². The topological polar surface area (TPSA) is 23.5 Å². The van der Waals surface area contributed by atoms with Crippen LogP contribution in [-0.2, 0) is 6.42 Å². The lowest BCUT2D eigenvalue weighted by Crippen LogP contribution is -2.56. The lowest BCUT2D eigenvalue weighted by molar-refractivity contribution is -0.0421. The SMILES string of the molecule is CC1CCCC(C(O)Cc2cc(Br)cs2)(N(C)C)C1. The zero-order valence-electron chi connectivity index (χ0n) is 12.0. The molecule has 0 aliphatic heterocycles. The van der Waals surface area contributed by atoms with Crippen molar-refractivity contribution in [3.8, 4) is 0 Å². The molecule has 108 valence electrons. The number of hydrogen-bond acceptors (Lipinski definition) is 3. The minimum absolute atomic E-state index is 0.0475. The molecule has 1 heterocycles. The molecule has 3 atom stereocenters. The van der Waals surface area contributed by atoms with Crippen LogP contribution < -0.4 is 0 Å². The summed E-state index contributed by atoms with van der Waals surface area (Å²) in [4.78, 5) is 3.52. The first-order valence-electron chi connectivity index (χ1n) is 7.02. The van der Waals surface area contributed by atoms with E-state index < -0.39 is 0 Å². The predicted molar refractivity (Wildman–Crippen MR) is 85.8 cm³/mol. The zero-order chi connectivity index (χ0) is 14.0. The summed E-state index contributed by atoms with van der Waals surface area (Å²) in [5.41, 5.74) is -0.0475. The Bertz CT molecular complexity index is 420. The van der Waals surface area contributed by atoms with E-state index in [9.17, 15) is 5.11 Å². The minimum atomic E-state index is -0.282. The molecule has 0 bridgehead atoms.